The highest BCUT2D eigenvalue weighted by atomic mass is 16.5. The lowest BCUT2D eigenvalue weighted by atomic mass is 9.52. The smallest absolute Gasteiger partial charge is 0.310 e. The molecule has 4 nitrogen and oxygen atoms in total. The number of ether oxygens (including phenoxy) is 2. The second kappa shape index (κ2) is 7.32. The maximum Gasteiger partial charge on any atom is 0.310 e. The Morgan fingerprint density at radius 3 is 1.23 bits per heavy atom. The largest absolute Gasteiger partial charge is 0.469 e. The first-order chi connectivity index (χ1) is 12.5. The fourth-order valence-corrected chi connectivity index (χ4v) is 4.01. The van der Waals surface area contributed by atoms with Gasteiger partial charge in [-0.05, 0) is 25.0 Å². The Hall–Kier alpha value is -2.62. The Morgan fingerprint density at radius 2 is 0.962 bits per heavy atom. The fraction of sp³-hybridized carbons (Fsp3) is 0.364. The zero-order valence-corrected chi connectivity index (χ0v) is 15.6. The second-order valence-electron chi connectivity index (χ2n) is 6.97. The highest BCUT2D eigenvalue weighted by Crippen LogP contribution is 2.58. The maximum atomic E-state index is 12.5. The van der Waals surface area contributed by atoms with Crippen LogP contribution in [0.5, 0.6) is 0 Å². The lowest BCUT2D eigenvalue weighted by Gasteiger charge is -2.49. The number of benzene rings is 2. The molecule has 136 valence electrons. The average molecular weight is 352 g/mol. The molecule has 0 unspecified atom stereocenters. The zero-order valence-electron chi connectivity index (χ0n) is 15.6. The molecule has 4 atom stereocenters. The van der Waals surface area contributed by atoms with Crippen LogP contribution in [0.3, 0.4) is 0 Å². The molecule has 1 saturated carbocycles. The van der Waals surface area contributed by atoms with E-state index in [1.807, 2.05) is 62.4 Å². The highest BCUT2D eigenvalue weighted by molar-refractivity contribution is 5.87. The molecule has 1 aliphatic carbocycles. The molecule has 1 fully saturated rings. The van der Waals surface area contributed by atoms with Crippen molar-refractivity contribution in [1.29, 1.82) is 0 Å². The van der Waals surface area contributed by atoms with E-state index in [0.29, 0.717) is 0 Å². The number of methoxy groups -OCH3 is 2. The third kappa shape index (κ3) is 3.12. The van der Waals surface area contributed by atoms with Crippen LogP contribution in [-0.2, 0) is 19.1 Å². The van der Waals surface area contributed by atoms with Crippen molar-refractivity contribution in [3.05, 3.63) is 70.8 Å². The summed E-state index contributed by atoms with van der Waals surface area (Å²) < 4.78 is 10.0. The van der Waals surface area contributed by atoms with Crippen molar-refractivity contribution in [2.75, 3.05) is 14.2 Å². The lowest BCUT2D eigenvalue weighted by molar-refractivity contribution is -0.168. The molecule has 4 heteroatoms. The molecule has 0 N–H and O–H groups in total. The number of carbonyl (C=O) groups is 2. The molecule has 0 bridgehead atoms. The molecule has 2 aromatic carbocycles. The number of aryl methyl sites for hydroxylation is 2. The number of carbonyl (C=O) groups excluding carboxylic acids is 2. The van der Waals surface area contributed by atoms with Crippen LogP contribution < -0.4 is 0 Å². The topological polar surface area (TPSA) is 52.6 Å². The number of hydrogen-bond acceptors (Lipinski definition) is 4. The SMILES string of the molecule is COC(=O)[C@@H]1[C@@H](C(=O)OC)[C@H](c2ccc(C)cc2)[C@H]1c1ccc(C)cc1. The quantitative estimate of drug-likeness (QED) is 0.786. The van der Waals surface area contributed by atoms with E-state index in [1.165, 1.54) is 14.2 Å². The van der Waals surface area contributed by atoms with Crippen LogP contribution in [0.1, 0.15) is 34.1 Å². The minimum atomic E-state index is -0.540. The average Bonchev–Trinajstić information content (AvgIpc) is 2.63. The summed E-state index contributed by atoms with van der Waals surface area (Å²) in [4.78, 5) is 25.0. The molecule has 1 aliphatic rings. The molecule has 0 aromatic heterocycles. The van der Waals surface area contributed by atoms with Crippen molar-refractivity contribution in [1.82, 2.24) is 0 Å². The predicted molar refractivity (Wildman–Crippen MR) is 98.9 cm³/mol. The van der Waals surface area contributed by atoms with E-state index < -0.39 is 11.8 Å². The van der Waals surface area contributed by atoms with Crippen LogP contribution in [0.4, 0.5) is 0 Å². The van der Waals surface area contributed by atoms with Gasteiger partial charge in [-0.25, -0.2) is 0 Å². The molecular formula is C22H24O4. The lowest BCUT2D eigenvalue weighted by Crippen LogP contribution is -2.52. The van der Waals surface area contributed by atoms with Crippen LogP contribution in [0, 0.1) is 25.7 Å². The van der Waals surface area contributed by atoms with E-state index in [0.717, 1.165) is 22.3 Å². The van der Waals surface area contributed by atoms with Gasteiger partial charge in [0, 0.05) is 11.8 Å². The fourth-order valence-electron chi connectivity index (χ4n) is 4.01. The first-order valence-electron chi connectivity index (χ1n) is 8.76. The number of rotatable bonds is 4. The van der Waals surface area contributed by atoms with Gasteiger partial charge in [0.1, 0.15) is 0 Å². The standard InChI is InChI=1S/C22H24O4/c1-13-5-9-15(10-6-13)17-18(16-11-7-14(2)8-12-16)20(22(24)26-4)19(17)21(23)25-3/h5-12,17-20H,1-4H3/t17-,18-,19+,20+/m1/s1. The Morgan fingerprint density at radius 1 is 0.654 bits per heavy atom. The molecule has 0 heterocycles. The Balaban J connectivity index is 2.08. The van der Waals surface area contributed by atoms with Gasteiger partial charge < -0.3 is 9.47 Å². The summed E-state index contributed by atoms with van der Waals surface area (Å²) in [7, 11) is 2.73. The van der Waals surface area contributed by atoms with E-state index >= 15 is 0 Å². The normalized spacial score (nSPS) is 24.5. The van der Waals surface area contributed by atoms with Crippen LogP contribution in [0.2, 0.25) is 0 Å². The van der Waals surface area contributed by atoms with Crippen LogP contribution >= 0.6 is 0 Å². The molecule has 2 aromatic rings. The van der Waals surface area contributed by atoms with E-state index in [1.54, 1.807) is 0 Å². The molecule has 3 rings (SSSR count). The van der Waals surface area contributed by atoms with E-state index in [9.17, 15) is 9.59 Å². The van der Waals surface area contributed by atoms with Crippen LogP contribution in [0.25, 0.3) is 0 Å². The van der Waals surface area contributed by atoms with Crippen molar-refractivity contribution < 1.29 is 19.1 Å². The first kappa shape index (κ1) is 18.2. The van der Waals surface area contributed by atoms with Gasteiger partial charge in [-0.15, -0.1) is 0 Å². The number of esters is 2. The van der Waals surface area contributed by atoms with Crippen molar-refractivity contribution in [2.24, 2.45) is 11.8 Å². The maximum absolute atomic E-state index is 12.5. The molecule has 26 heavy (non-hydrogen) atoms. The number of hydrogen-bond donors (Lipinski definition) is 0. The summed E-state index contributed by atoms with van der Waals surface area (Å²) in [5, 5.41) is 0. The summed E-state index contributed by atoms with van der Waals surface area (Å²) >= 11 is 0. The van der Waals surface area contributed by atoms with Crippen LogP contribution in [0.15, 0.2) is 48.5 Å². The van der Waals surface area contributed by atoms with E-state index in [-0.39, 0.29) is 23.8 Å². The van der Waals surface area contributed by atoms with Crippen molar-refractivity contribution in [3.63, 3.8) is 0 Å². The van der Waals surface area contributed by atoms with Gasteiger partial charge in [-0.2, -0.15) is 0 Å². The highest BCUT2D eigenvalue weighted by Gasteiger charge is 2.59. The summed E-state index contributed by atoms with van der Waals surface area (Å²) in [6, 6.07) is 16.2. The van der Waals surface area contributed by atoms with E-state index in [4.69, 9.17) is 9.47 Å². The van der Waals surface area contributed by atoms with Gasteiger partial charge in [-0.3, -0.25) is 9.59 Å². The summed E-state index contributed by atoms with van der Waals surface area (Å²) in [6.07, 6.45) is 0. The van der Waals surface area contributed by atoms with Gasteiger partial charge >= 0.3 is 11.9 Å². The van der Waals surface area contributed by atoms with Gasteiger partial charge in [-0.1, -0.05) is 59.7 Å². The van der Waals surface area contributed by atoms with E-state index in [2.05, 4.69) is 0 Å². The molecule has 0 aliphatic heterocycles. The van der Waals surface area contributed by atoms with Crippen molar-refractivity contribution in [3.8, 4) is 0 Å². The monoisotopic (exact) mass is 352 g/mol. The summed E-state index contributed by atoms with van der Waals surface area (Å²) in [5.74, 6) is -2.05. The second-order valence-corrected chi connectivity index (χ2v) is 6.97. The first-order valence-corrected chi connectivity index (χ1v) is 8.76. The Labute approximate surface area is 154 Å². The van der Waals surface area contributed by atoms with Gasteiger partial charge in [0.25, 0.3) is 0 Å². The minimum absolute atomic E-state index is 0.116. The minimum Gasteiger partial charge on any atom is -0.469 e. The third-order valence-electron chi connectivity index (χ3n) is 5.42. The Kier molecular flexibility index (Phi) is 5.12. The molecule has 0 spiro atoms. The van der Waals surface area contributed by atoms with Crippen molar-refractivity contribution >= 4 is 11.9 Å². The van der Waals surface area contributed by atoms with Gasteiger partial charge in [0.2, 0.25) is 0 Å². The summed E-state index contributed by atoms with van der Waals surface area (Å²) in [6.45, 7) is 4.05. The predicted octanol–water partition coefficient (Wildman–Crippen LogP) is 3.76. The summed E-state index contributed by atoms with van der Waals surface area (Å²) in [5.41, 5.74) is 4.38. The molecular weight excluding hydrogens is 328 g/mol. The third-order valence-corrected chi connectivity index (χ3v) is 5.42. The molecule has 0 radical (unpaired) electrons. The zero-order chi connectivity index (χ0) is 18.8. The Bertz CT molecular complexity index is 722. The van der Waals surface area contributed by atoms with Gasteiger partial charge in [0.05, 0.1) is 26.1 Å². The van der Waals surface area contributed by atoms with Crippen molar-refractivity contribution in [2.45, 2.75) is 25.7 Å². The van der Waals surface area contributed by atoms with Gasteiger partial charge in [0.15, 0.2) is 0 Å². The molecule has 0 saturated heterocycles. The molecule has 0 amide bonds. The van der Waals surface area contributed by atoms with Crippen LogP contribution in [-0.4, -0.2) is 26.2 Å².